The van der Waals surface area contributed by atoms with Crippen molar-refractivity contribution in [2.24, 2.45) is 0 Å². The van der Waals surface area contributed by atoms with Crippen LogP contribution in [0.25, 0.3) is 11.3 Å². The van der Waals surface area contributed by atoms with Gasteiger partial charge in [-0.25, -0.2) is 4.98 Å². The third-order valence-corrected chi connectivity index (χ3v) is 3.44. The average Bonchev–Trinajstić information content (AvgIpc) is 3.10. The second kappa shape index (κ2) is 5.46. The number of carbonyl (C=O) groups excluding carboxylic acids is 1. The Labute approximate surface area is 117 Å². The van der Waals surface area contributed by atoms with E-state index in [2.05, 4.69) is 15.6 Å². The lowest BCUT2D eigenvalue weighted by atomic mass is 10.1. The number of aryl methyl sites for hydroxylation is 1. The van der Waals surface area contributed by atoms with Crippen molar-refractivity contribution in [1.29, 1.82) is 0 Å². The number of amides is 1. The molecule has 1 unspecified atom stereocenters. The van der Waals surface area contributed by atoms with Crippen LogP contribution in [0.2, 0.25) is 0 Å². The van der Waals surface area contributed by atoms with E-state index in [9.17, 15) is 4.79 Å². The van der Waals surface area contributed by atoms with Gasteiger partial charge in [0.1, 0.15) is 12.0 Å². The predicted octanol–water partition coefficient (Wildman–Crippen LogP) is 2.34. The van der Waals surface area contributed by atoms with Crippen molar-refractivity contribution >= 4 is 11.6 Å². The molecule has 0 aliphatic carbocycles. The van der Waals surface area contributed by atoms with E-state index in [1.165, 1.54) is 0 Å². The van der Waals surface area contributed by atoms with E-state index in [0.29, 0.717) is 5.89 Å². The zero-order valence-electron chi connectivity index (χ0n) is 11.3. The smallest absolute Gasteiger partial charge is 0.241 e. The van der Waals surface area contributed by atoms with Gasteiger partial charge in [-0.2, -0.15) is 0 Å². The number of benzene rings is 1. The molecular formula is C15H17N3O2. The number of aromatic nitrogens is 1. The summed E-state index contributed by atoms with van der Waals surface area (Å²) in [5.74, 6) is 0.678. The van der Waals surface area contributed by atoms with Crippen LogP contribution >= 0.6 is 0 Å². The van der Waals surface area contributed by atoms with E-state index in [0.717, 1.165) is 36.3 Å². The predicted molar refractivity (Wildman–Crippen MR) is 76.3 cm³/mol. The van der Waals surface area contributed by atoms with E-state index < -0.39 is 0 Å². The lowest BCUT2D eigenvalue weighted by Crippen LogP contribution is -2.35. The highest BCUT2D eigenvalue weighted by Crippen LogP contribution is 2.21. The molecule has 5 heteroatoms. The van der Waals surface area contributed by atoms with Gasteiger partial charge in [0.15, 0.2) is 5.89 Å². The molecule has 1 atom stereocenters. The fourth-order valence-electron chi connectivity index (χ4n) is 2.36. The third kappa shape index (κ3) is 2.72. The Morgan fingerprint density at radius 2 is 2.20 bits per heavy atom. The Morgan fingerprint density at radius 1 is 1.40 bits per heavy atom. The monoisotopic (exact) mass is 271 g/mol. The lowest BCUT2D eigenvalue weighted by Gasteiger charge is -2.11. The van der Waals surface area contributed by atoms with Crippen LogP contribution in [0.15, 0.2) is 34.9 Å². The summed E-state index contributed by atoms with van der Waals surface area (Å²) < 4.78 is 5.19. The molecule has 1 fully saturated rings. The van der Waals surface area contributed by atoms with Crippen molar-refractivity contribution < 1.29 is 9.21 Å². The summed E-state index contributed by atoms with van der Waals surface area (Å²) in [5, 5.41) is 6.10. The molecule has 104 valence electrons. The fraction of sp³-hybridized carbons (Fsp3) is 0.333. The average molecular weight is 271 g/mol. The van der Waals surface area contributed by atoms with Gasteiger partial charge in [-0.15, -0.1) is 0 Å². The van der Waals surface area contributed by atoms with Crippen LogP contribution < -0.4 is 10.6 Å². The Kier molecular flexibility index (Phi) is 3.52. The molecule has 20 heavy (non-hydrogen) atoms. The molecule has 0 spiro atoms. The first-order valence-electron chi connectivity index (χ1n) is 6.79. The normalized spacial score (nSPS) is 18.1. The number of hydrogen-bond acceptors (Lipinski definition) is 4. The minimum atomic E-state index is -0.0622. The number of nitrogens with one attached hydrogen (secondary N) is 2. The standard InChI is InChI=1S/C15H17N3O2/c1-10-17-14(9-20-10)11-4-6-12(7-5-11)18-15(19)13-3-2-8-16-13/h4-7,9,13,16H,2-3,8H2,1H3,(H,18,19). The molecule has 1 amide bonds. The molecule has 2 aromatic rings. The Hall–Kier alpha value is -2.14. The third-order valence-electron chi connectivity index (χ3n) is 3.44. The summed E-state index contributed by atoms with van der Waals surface area (Å²) in [6.45, 7) is 2.73. The van der Waals surface area contributed by atoms with Gasteiger partial charge in [-0.05, 0) is 31.5 Å². The Balaban J connectivity index is 1.68. The van der Waals surface area contributed by atoms with Crippen LogP contribution in [-0.4, -0.2) is 23.5 Å². The Morgan fingerprint density at radius 3 is 2.80 bits per heavy atom. The first-order chi connectivity index (χ1) is 9.72. The van der Waals surface area contributed by atoms with Crippen molar-refractivity contribution in [3.8, 4) is 11.3 Å². The summed E-state index contributed by atoms with van der Waals surface area (Å²) in [6.07, 6.45) is 3.59. The molecule has 0 saturated carbocycles. The fourth-order valence-corrected chi connectivity index (χ4v) is 2.36. The van der Waals surface area contributed by atoms with Crippen molar-refractivity contribution in [1.82, 2.24) is 10.3 Å². The SMILES string of the molecule is Cc1nc(-c2ccc(NC(=O)C3CCCN3)cc2)co1. The first-order valence-corrected chi connectivity index (χ1v) is 6.79. The molecule has 0 radical (unpaired) electrons. The lowest BCUT2D eigenvalue weighted by molar-refractivity contribution is -0.117. The molecule has 1 aromatic carbocycles. The van der Waals surface area contributed by atoms with E-state index in [-0.39, 0.29) is 11.9 Å². The van der Waals surface area contributed by atoms with Gasteiger partial charge in [0.2, 0.25) is 5.91 Å². The zero-order valence-corrected chi connectivity index (χ0v) is 11.3. The number of anilines is 1. The highest BCUT2D eigenvalue weighted by molar-refractivity contribution is 5.95. The number of oxazole rings is 1. The van der Waals surface area contributed by atoms with Gasteiger partial charge in [0.25, 0.3) is 0 Å². The second-order valence-electron chi connectivity index (χ2n) is 4.97. The molecule has 2 heterocycles. The van der Waals surface area contributed by atoms with Crippen molar-refractivity contribution in [2.45, 2.75) is 25.8 Å². The van der Waals surface area contributed by atoms with Gasteiger partial charge in [0.05, 0.1) is 6.04 Å². The Bertz CT molecular complexity index is 598. The van der Waals surface area contributed by atoms with Crippen molar-refractivity contribution in [2.75, 3.05) is 11.9 Å². The van der Waals surface area contributed by atoms with Gasteiger partial charge < -0.3 is 15.1 Å². The maximum Gasteiger partial charge on any atom is 0.241 e. The van der Waals surface area contributed by atoms with Crippen LogP contribution in [0, 0.1) is 6.92 Å². The van der Waals surface area contributed by atoms with E-state index in [1.807, 2.05) is 31.2 Å². The summed E-state index contributed by atoms with van der Waals surface area (Å²) in [6, 6.07) is 7.55. The minimum Gasteiger partial charge on any atom is -0.449 e. The van der Waals surface area contributed by atoms with E-state index >= 15 is 0 Å². The summed E-state index contributed by atoms with van der Waals surface area (Å²) >= 11 is 0. The molecule has 1 aromatic heterocycles. The summed E-state index contributed by atoms with van der Waals surface area (Å²) in [7, 11) is 0. The largest absolute Gasteiger partial charge is 0.449 e. The highest BCUT2D eigenvalue weighted by Gasteiger charge is 2.21. The van der Waals surface area contributed by atoms with Gasteiger partial charge in [-0.1, -0.05) is 12.1 Å². The summed E-state index contributed by atoms with van der Waals surface area (Å²) in [4.78, 5) is 16.2. The van der Waals surface area contributed by atoms with Crippen molar-refractivity contribution in [3.63, 3.8) is 0 Å². The molecule has 0 bridgehead atoms. The van der Waals surface area contributed by atoms with Crippen LogP contribution in [0.3, 0.4) is 0 Å². The molecule has 1 saturated heterocycles. The molecule has 1 aliphatic rings. The topological polar surface area (TPSA) is 67.2 Å². The summed E-state index contributed by atoms with van der Waals surface area (Å²) in [5.41, 5.74) is 2.57. The number of hydrogen-bond donors (Lipinski definition) is 2. The maximum atomic E-state index is 12.0. The van der Waals surface area contributed by atoms with Gasteiger partial charge >= 0.3 is 0 Å². The van der Waals surface area contributed by atoms with Crippen molar-refractivity contribution in [3.05, 3.63) is 36.4 Å². The number of nitrogens with zero attached hydrogens (tertiary/aromatic N) is 1. The van der Waals surface area contributed by atoms with Gasteiger partial charge in [0, 0.05) is 18.2 Å². The highest BCUT2D eigenvalue weighted by atomic mass is 16.3. The first kappa shape index (κ1) is 12.9. The van der Waals surface area contributed by atoms with Crippen LogP contribution in [-0.2, 0) is 4.79 Å². The van der Waals surface area contributed by atoms with Crippen LogP contribution in [0.1, 0.15) is 18.7 Å². The molecule has 3 rings (SSSR count). The minimum absolute atomic E-state index is 0.0348. The van der Waals surface area contributed by atoms with E-state index in [1.54, 1.807) is 6.26 Å². The molecule has 1 aliphatic heterocycles. The van der Waals surface area contributed by atoms with E-state index in [4.69, 9.17) is 4.42 Å². The number of carbonyl (C=O) groups is 1. The van der Waals surface area contributed by atoms with Gasteiger partial charge in [-0.3, -0.25) is 4.79 Å². The van der Waals surface area contributed by atoms with Crippen LogP contribution in [0.5, 0.6) is 0 Å². The molecule has 2 N–H and O–H groups in total. The zero-order chi connectivity index (χ0) is 13.9. The molecular weight excluding hydrogens is 254 g/mol. The molecule has 5 nitrogen and oxygen atoms in total. The van der Waals surface area contributed by atoms with Crippen LogP contribution in [0.4, 0.5) is 5.69 Å². The quantitative estimate of drug-likeness (QED) is 0.899. The second-order valence-corrected chi connectivity index (χ2v) is 4.97. The maximum absolute atomic E-state index is 12.0. The number of rotatable bonds is 3.